The molecule has 1 aromatic carbocycles. The van der Waals surface area contributed by atoms with E-state index in [1.807, 2.05) is 25.1 Å². The van der Waals surface area contributed by atoms with Gasteiger partial charge in [0.05, 0.1) is 15.6 Å². The van der Waals surface area contributed by atoms with E-state index in [2.05, 4.69) is 36.3 Å². The summed E-state index contributed by atoms with van der Waals surface area (Å²) in [5, 5.41) is 5.74. The number of hydrogen-bond acceptors (Lipinski definition) is 4. The number of nitrogens with one attached hydrogen (secondary N) is 1. The first-order chi connectivity index (χ1) is 9.69. The molecule has 0 aliphatic carbocycles. The van der Waals surface area contributed by atoms with Crippen LogP contribution in [0.3, 0.4) is 0 Å². The van der Waals surface area contributed by atoms with E-state index >= 15 is 0 Å². The van der Waals surface area contributed by atoms with Crippen LogP contribution in [0, 0.1) is 13.8 Å². The third-order valence-electron chi connectivity index (χ3n) is 3.34. The molecule has 1 N–H and O–H groups in total. The average Bonchev–Trinajstić information content (AvgIpc) is 2.99. The fourth-order valence-electron chi connectivity index (χ4n) is 2.49. The summed E-state index contributed by atoms with van der Waals surface area (Å²) >= 11 is 1.73. The Bertz CT molecular complexity index is 696. The number of aryl methyl sites for hydroxylation is 2. The van der Waals surface area contributed by atoms with E-state index in [-0.39, 0.29) is 6.04 Å². The van der Waals surface area contributed by atoms with Crippen LogP contribution >= 0.6 is 11.3 Å². The zero-order chi connectivity index (χ0) is 14.1. The highest BCUT2D eigenvalue weighted by molar-refractivity contribution is 7.11. The van der Waals surface area contributed by atoms with Gasteiger partial charge in [0.15, 0.2) is 0 Å². The first-order valence-electron chi connectivity index (χ1n) is 6.85. The molecule has 3 nitrogen and oxygen atoms in total. The van der Waals surface area contributed by atoms with Crippen molar-refractivity contribution in [2.75, 3.05) is 6.54 Å². The summed E-state index contributed by atoms with van der Waals surface area (Å²) in [4.78, 5) is 5.77. The van der Waals surface area contributed by atoms with Crippen LogP contribution in [0.25, 0.3) is 11.0 Å². The van der Waals surface area contributed by atoms with Crippen molar-refractivity contribution in [2.45, 2.75) is 26.8 Å². The van der Waals surface area contributed by atoms with Gasteiger partial charge in [-0.15, -0.1) is 11.3 Å². The molecule has 2 aromatic heterocycles. The SMILES string of the molecule is CCNC(c1cc2ccccc2o1)c1sc(C)nc1C. The number of thiazole rings is 1. The van der Waals surface area contributed by atoms with Crippen LogP contribution in [-0.2, 0) is 0 Å². The van der Waals surface area contributed by atoms with Gasteiger partial charge < -0.3 is 9.73 Å². The van der Waals surface area contributed by atoms with E-state index in [0.29, 0.717) is 0 Å². The molecule has 20 heavy (non-hydrogen) atoms. The molecule has 0 aliphatic rings. The first kappa shape index (κ1) is 13.3. The minimum Gasteiger partial charge on any atom is -0.459 e. The van der Waals surface area contributed by atoms with Crippen LogP contribution in [0.1, 0.15) is 34.3 Å². The lowest BCUT2D eigenvalue weighted by Gasteiger charge is -2.14. The van der Waals surface area contributed by atoms with Crippen LogP contribution < -0.4 is 5.32 Å². The highest BCUT2D eigenvalue weighted by Crippen LogP contribution is 2.33. The summed E-state index contributed by atoms with van der Waals surface area (Å²) in [6, 6.07) is 10.3. The number of aromatic nitrogens is 1. The molecular weight excluding hydrogens is 268 g/mol. The van der Waals surface area contributed by atoms with Crippen molar-refractivity contribution in [3.05, 3.63) is 51.7 Å². The number of benzene rings is 1. The minimum atomic E-state index is 0.0820. The van der Waals surface area contributed by atoms with Crippen molar-refractivity contribution in [1.82, 2.24) is 10.3 Å². The Morgan fingerprint density at radius 2 is 2.10 bits per heavy atom. The van der Waals surface area contributed by atoms with Crippen molar-refractivity contribution in [2.24, 2.45) is 0 Å². The lowest BCUT2D eigenvalue weighted by molar-refractivity contribution is 0.479. The van der Waals surface area contributed by atoms with Crippen molar-refractivity contribution < 1.29 is 4.42 Å². The molecule has 1 unspecified atom stereocenters. The number of nitrogens with zero attached hydrogens (tertiary/aromatic N) is 1. The fraction of sp³-hybridized carbons (Fsp3) is 0.312. The van der Waals surface area contributed by atoms with Gasteiger partial charge in [-0.25, -0.2) is 4.98 Å². The molecule has 0 amide bonds. The van der Waals surface area contributed by atoms with Gasteiger partial charge in [0, 0.05) is 5.39 Å². The molecule has 0 spiro atoms. The molecule has 0 radical (unpaired) electrons. The van der Waals surface area contributed by atoms with Crippen LogP contribution in [0.15, 0.2) is 34.7 Å². The topological polar surface area (TPSA) is 38.1 Å². The van der Waals surface area contributed by atoms with E-state index in [9.17, 15) is 0 Å². The number of rotatable bonds is 4. The highest BCUT2D eigenvalue weighted by atomic mass is 32.1. The van der Waals surface area contributed by atoms with E-state index in [1.165, 1.54) is 4.88 Å². The molecule has 0 bridgehead atoms. The Morgan fingerprint density at radius 3 is 2.75 bits per heavy atom. The molecule has 0 saturated heterocycles. The lowest BCUT2D eigenvalue weighted by Crippen LogP contribution is -2.21. The van der Waals surface area contributed by atoms with Crippen LogP contribution in [0.5, 0.6) is 0 Å². The summed E-state index contributed by atoms with van der Waals surface area (Å²) in [5.41, 5.74) is 2.02. The van der Waals surface area contributed by atoms with Crippen molar-refractivity contribution in [3.8, 4) is 0 Å². The molecular formula is C16H18N2OS. The van der Waals surface area contributed by atoms with Crippen LogP contribution in [0.2, 0.25) is 0 Å². The maximum Gasteiger partial charge on any atom is 0.134 e. The molecule has 4 heteroatoms. The summed E-state index contributed by atoms with van der Waals surface area (Å²) in [7, 11) is 0. The molecule has 2 heterocycles. The first-order valence-corrected chi connectivity index (χ1v) is 7.66. The third-order valence-corrected chi connectivity index (χ3v) is 4.48. The van der Waals surface area contributed by atoms with Crippen molar-refractivity contribution in [1.29, 1.82) is 0 Å². The van der Waals surface area contributed by atoms with Gasteiger partial charge in [-0.05, 0) is 32.5 Å². The monoisotopic (exact) mass is 286 g/mol. The second kappa shape index (κ2) is 5.38. The molecule has 0 saturated carbocycles. The molecule has 3 rings (SSSR count). The minimum absolute atomic E-state index is 0.0820. The van der Waals surface area contributed by atoms with Gasteiger partial charge in [-0.1, -0.05) is 25.1 Å². The third kappa shape index (κ3) is 2.37. The summed E-state index contributed by atoms with van der Waals surface area (Å²) in [6.45, 7) is 7.10. The smallest absolute Gasteiger partial charge is 0.134 e. The second-order valence-electron chi connectivity index (χ2n) is 4.86. The van der Waals surface area contributed by atoms with Gasteiger partial charge in [-0.3, -0.25) is 0 Å². The Balaban J connectivity index is 2.08. The number of furan rings is 1. The molecule has 1 atom stereocenters. The molecule has 104 valence electrons. The fourth-order valence-corrected chi connectivity index (χ4v) is 3.50. The van der Waals surface area contributed by atoms with E-state index < -0.39 is 0 Å². The molecule has 0 aliphatic heterocycles. The maximum atomic E-state index is 6.02. The van der Waals surface area contributed by atoms with Gasteiger partial charge in [0.25, 0.3) is 0 Å². The maximum absolute atomic E-state index is 6.02. The predicted molar refractivity (Wildman–Crippen MR) is 83.3 cm³/mol. The van der Waals surface area contributed by atoms with E-state index in [0.717, 1.165) is 34.0 Å². The predicted octanol–water partition coefficient (Wildman–Crippen LogP) is 4.21. The summed E-state index contributed by atoms with van der Waals surface area (Å²) in [6.07, 6.45) is 0. The highest BCUT2D eigenvalue weighted by Gasteiger charge is 2.22. The largest absolute Gasteiger partial charge is 0.459 e. The van der Waals surface area contributed by atoms with Crippen molar-refractivity contribution >= 4 is 22.3 Å². The Kier molecular flexibility index (Phi) is 3.59. The van der Waals surface area contributed by atoms with E-state index in [4.69, 9.17) is 4.42 Å². The number of fused-ring (bicyclic) bond motifs is 1. The van der Waals surface area contributed by atoms with Gasteiger partial charge in [-0.2, -0.15) is 0 Å². The number of hydrogen-bond donors (Lipinski definition) is 1. The lowest BCUT2D eigenvalue weighted by atomic mass is 10.1. The Hall–Kier alpha value is -1.65. The van der Waals surface area contributed by atoms with Crippen LogP contribution in [0.4, 0.5) is 0 Å². The van der Waals surface area contributed by atoms with Crippen LogP contribution in [-0.4, -0.2) is 11.5 Å². The normalized spacial score (nSPS) is 12.9. The second-order valence-corrected chi connectivity index (χ2v) is 6.09. The van der Waals surface area contributed by atoms with Gasteiger partial charge in [0.2, 0.25) is 0 Å². The molecule has 3 aromatic rings. The van der Waals surface area contributed by atoms with Gasteiger partial charge in [0.1, 0.15) is 17.4 Å². The Morgan fingerprint density at radius 1 is 1.30 bits per heavy atom. The van der Waals surface area contributed by atoms with Crippen molar-refractivity contribution in [3.63, 3.8) is 0 Å². The Labute approximate surface area is 122 Å². The number of para-hydroxylation sites is 1. The quantitative estimate of drug-likeness (QED) is 0.781. The summed E-state index contributed by atoms with van der Waals surface area (Å²) in [5.74, 6) is 0.958. The standard InChI is InChI=1S/C16H18N2OS/c1-4-17-15(16-10(2)18-11(3)20-16)14-9-12-7-5-6-8-13(12)19-14/h5-9,15,17H,4H2,1-3H3. The van der Waals surface area contributed by atoms with Gasteiger partial charge >= 0.3 is 0 Å². The zero-order valence-corrected chi connectivity index (χ0v) is 12.8. The molecule has 0 fully saturated rings. The van der Waals surface area contributed by atoms with E-state index in [1.54, 1.807) is 11.3 Å². The zero-order valence-electron chi connectivity index (χ0n) is 11.9. The average molecular weight is 286 g/mol. The summed E-state index contributed by atoms with van der Waals surface area (Å²) < 4.78 is 6.02.